The average molecular weight is 272 g/mol. The number of pyridine rings is 1. The third-order valence-corrected chi connectivity index (χ3v) is 2.64. The summed E-state index contributed by atoms with van der Waals surface area (Å²) in [4.78, 5) is 15.5. The molecule has 0 spiro atoms. The van der Waals surface area contributed by atoms with Crippen molar-refractivity contribution in [3.05, 3.63) is 29.0 Å². The van der Waals surface area contributed by atoms with Gasteiger partial charge in [-0.1, -0.05) is 17.7 Å². The van der Waals surface area contributed by atoms with Gasteiger partial charge in [-0.05, 0) is 31.4 Å². The normalized spacial score (nSPS) is 11.9. The van der Waals surface area contributed by atoms with Gasteiger partial charge in [0.05, 0.1) is 0 Å². The Balaban J connectivity index is 2.26. The monoisotopic (exact) mass is 271 g/mol. The molecule has 1 atom stereocenters. The van der Waals surface area contributed by atoms with Crippen LogP contribution in [0.3, 0.4) is 0 Å². The van der Waals surface area contributed by atoms with E-state index in [0.29, 0.717) is 18.1 Å². The first-order chi connectivity index (χ1) is 8.61. The second kappa shape index (κ2) is 7.89. The topological polar surface area (TPSA) is 74.2 Å². The summed E-state index contributed by atoms with van der Waals surface area (Å²) in [5.74, 6) is 0. The average Bonchev–Trinajstić information content (AvgIpc) is 2.35. The Hall–Kier alpha value is -1.33. The Kier molecular flexibility index (Phi) is 6.46. The largest absolute Gasteiger partial charge is 0.396 e. The fraction of sp³-hybridized carbons (Fsp3) is 0.500. The number of hydrogen-bond acceptors (Lipinski definition) is 3. The van der Waals surface area contributed by atoms with Gasteiger partial charge in [-0.3, -0.25) is 0 Å². The summed E-state index contributed by atoms with van der Waals surface area (Å²) in [6, 6.07) is 3.31. The number of carbonyl (C=O) groups is 1. The first-order valence-corrected chi connectivity index (χ1v) is 6.25. The molecule has 18 heavy (non-hydrogen) atoms. The molecule has 0 fully saturated rings. The maximum absolute atomic E-state index is 11.5. The first kappa shape index (κ1) is 14.7. The summed E-state index contributed by atoms with van der Waals surface area (Å²) in [6.45, 7) is 2.45. The van der Waals surface area contributed by atoms with E-state index in [-0.39, 0.29) is 18.7 Å². The number of carbonyl (C=O) groups excluding carboxylic acids is 1. The minimum atomic E-state index is -0.226. The number of halogens is 1. The maximum atomic E-state index is 11.5. The van der Waals surface area contributed by atoms with Gasteiger partial charge in [-0.2, -0.15) is 0 Å². The second-order valence-electron chi connectivity index (χ2n) is 4.08. The zero-order chi connectivity index (χ0) is 13.4. The Labute approximate surface area is 112 Å². The van der Waals surface area contributed by atoms with Gasteiger partial charge in [-0.25, -0.2) is 9.78 Å². The van der Waals surface area contributed by atoms with E-state index in [0.717, 1.165) is 12.0 Å². The van der Waals surface area contributed by atoms with Crippen molar-refractivity contribution in [1.29, 1.82) is 0 Å². The summed E-state index contributed by atoms with van der Waals surface area (Å²) in [5, 5.41) is 14.6. The predicted molar refractivity (Wildman–Crippen MR) is 70.4 cm³/mol. The molecule has 0 radical (unpaired) electrons. The van der Waals surface area contributed by atoms with Crippen LogP contribution in [0, 0.1) is 0 Å². The van der Waals surface area contributed by atoms with Crippen molar-refractivity contribution in [1.82, 2.24) is 15.6 Å². The van der Waals surface area contributed by atoms with E-state index < -0.39 is 0 Å². The predicted octanol–water partition coefficient (Wildman–Crippen LogP) is 1.70. The first-order valence-electron chi connectivity index (χ1n) is 5.87. The Bertz CT molecular complexity index is 370. The SMILES string of the molecule is CC(CCCO)NC(=O)NCc1ccc(Cl)nc1. The highest BCUT2D eigenvalue weighted by atomic mass is 35.5. The quantitative estimate of drug-likeness (QED) is 0.690. The lowest BCUT2D eigenvalue weighted by atomic mass is 10.2. The number of amides is 2. The van der Waals surface area contributed by atoms with Crippen LogP contribution in [-0.2, 0) is 6.54 Å². The lowest BCUT2D eigenvalue weighted by Gasteiger charge is -2.13. The van der Waals surface area contributed by atoms with Gasteiger partial charge >= 0.3 is 6.03 Å². The molecule has 0 saturated carbocycles. The van der Waals surface area contributed by atoms with Crippen LogP contribution in [0.1, 0.15) is 25.3 Å². The van der Waals surface area contributed by atoms with Crippen molar-refractivity contribution < 1.29 is 9.90 Å². The maximum Gasteiger partial charge on any atom is 0.315 e. The van der Waals surface area contributed by atoms with Crippen LogP contribution < -0.4 is 10.6 Å². The lowest BCUT2D eigenvalue weighted by molar-refractivity contribution is 0.234. The van der Waals surface area contributed by atoms with Crippen molar-refractivity contribution in [3.63, 3.8) is 0 Å². The number of aromatic nitrogens is 1. The van der Waals surface area contributed by atoms with Crippen LogP contribution in [0.5, 0.6) is 0 Å². The fourth-order valence-corrected chi connectivity index (χ4v) is 1.55. The number of nitrogens with one attached hydrogen (secondary N) is 2. The smallest absolute Gasteiger partial charge is 0.315 e. The molecule has 100 valence electrons. The van der Waals surface area contributed by atoms with Crippen LogP contribution >= 0.6 is 11.6 Å². The van der Waals surface area contributed by atoms with Crippen LogP contribution in [-0.4, -0.2) is 28.8 Å². The van der Waals surface area contributed by atoms with E-state index in [1.807, 2.05) is 13.0 Å². The van der Waals surface area contributed by atoms with Gasteiger partial charge in [0, 0.05) is 25.4 Å². The molecule has 0 aliphatic rings. The molecule has 5 nitrogen and oxygen atoms in total. The van der Waals surface area contributed by atoms with Crippen molar-refractivity contribution in [2.45, 2.75) is 32.4 Å². The van der Waals surface area contributed by atoms with Crippen LogP contribution in [0.2, 0.25) is 5.15 Å². The highest BCUT2D eigenvalue weighted by molar-refractivity contribution is 6.29. The van der Waals surface area contributed by atoms with Crippen molar-refractivity contribution in [3.8, 4) is 0 Å². The Morgan fingerprint density at radius 2 is 2.33 bits per heavy atom. The second-order valence-corrected chi connectivity index (χ2v) is 4.47. The zero-order valence-electron chi connectivity index (χ0n) is 10.3. The number of hydrogen-bond donors (Lipinski definition) is 3. The van der Waals surface area contributed by atoms with Crippen molar-refractivity contribution in [2.24, 2.45) is 0 Å². The standard InChI is InChI=1S/C12H18ClN3O2/c1-9(3-2-6-17)16-12(18)15-8-10-4-5-11(13)14-7-10/h4-5,7,9,17H,2-3,6,8H2,1H3,(H2,15,16,18). The number of urea groups is 1. The molecule has 1 heterocycles. The highest BCUT2D eigenvalue weighted by Crippen LogP contribution is 2.04. The third kappa shape index (κ3) is 5.84. The molecule has 0 bridgehead atoms. The van der Waals surface area contributed by atoms with Gasteiger partial charge in [0.2, 0.25) is 0 Å². The number of aliphatic hydroxyl groups is 1. The van der Waals surface area contributed by atoms with Crippen molar-refractivity contribution >= 4 is 17.6 Å². The molecular weight excluding hydrogens is 254 g/mol. The summed E-state index contributed by atoms with van der Waals surface area (Å²) < 4.78 is 0. The minimum absolute atomic E-state index is 0.0421. The Morgan fingerprint density at radius 1 is 1.56 bits per heavy atom. The Morgan fingerprint density at radius 3 is 2.94 bits per heavy atom. The fourth-order valence-electron chi connectivity index (χ4n) is 1.44. The molecule has 1 aromatic rings. The molecule has 1 rings (SSSR count). The van der Waals surface area contributed by atoms with Crippen LogP contribution in [0.4, 0.5) is 4.79 Å². The van der Waals surface area contributed by atoms with Gasteiger partial charge < -0.3 is 15.7 Å². The summed E-state index contributed by atoms with van der Waals surface area (Å²) in [6.07, 6.45) is 3.06. The summed E-state index contributed by atoms with van der Waals surface area (Å²) in [5.41, 5.74) is 0.887. The number of rotatable bonds is 6. The van der Waals surface area contributed by atoms with E-state index in [2.05, 4.69) is 15.6 Å². The molecule has 0 aliphatic heterocycles. The molecule has 3 N–H and O–H groups in total. The lowest BCUT2D eigenvalue weighted by Crippen LogP contribution is -2.40. The third-order valence-electron chi connectivity index (χ3n) is 2.41. The zero-order valence-corrected chi connectivity index (χ0v) is 11.1. The summed E-state index contributed by atoms with van der Waals surface area (Å²) in [7, 11) is 0. The van der Waals surface area contributed by atoms with E-state index in [4.69, 9.17) is 16.7 Å². The molecule has 0 saturated heterocycles. The molecule has 1 unspecified atom stereocenters. The molecular formula is C12H18ClN3O2. The molecule has 2 amide bonds. The molecule has 0 aliphatic carbocycles. The molecule has 0 aromatic carbocycles. The molecule has 1 aromatic heterocycles. The van der Waals surface area contributed by atoms with E-state index in [9.17, 15) is 4.79 Å². The van der Waals surface area contributed by atoms with E-state index in [1.54, 1.807) is 12.3 Å². The van der Waals surface area contributed by atoms with Gasteiger partial charge in [0.15, 0.2) is 0 Å². The minimum Gasteiger partial charge on any atom is -0.396 e. The molecule has 6 heteroatoms. The number of aliphatic hydroxyl groups excluding tert-OH is 1. The van der Waals surface area contributed by atoms with Gasteiger partial charge in [-0.15, -0.1) is 0 Å². The van der Waals surface area contributed by atoms with Crippen LogP contribution in [0.25, 0.3) is 0 Å². The van der Waals surface area contributed by atoms with Gasteiger partial charge in [0.1, 0.15) is 5.15 Å². The number of nitrogens with zero attached hydrogens (tertiary/aromatic N) is 1. The van der Waals surface area contributed by atoms with Crippen molar-refractivity contribution in [2.75, 3.05) is 6.61 Å². The summed E-state index contributed by atoms with van der Waals surface area (Å²) >= 11 is 5.66. The van der Waals surface area contributed by atoms with Crippen LogP contribution in [0.15, 0.2) is 18.3 Å². The van der Waals surface area contributed by atoms with E-state index >= 15 is 0 Å². The highest BCUT2D eigenvalue weighted by Gasteiger charge is 2.06. The van der Waals surface area contributed by atoms with Gasteiger partial charge in [0.25, 0.3) is 0 Å². The van der Waals surface area contributed by atoms with E-state index in [1.165, 1.54) is 0 Å².